The van der Waals surface area contributed by atoms with Crippen LogP contribution in [-0.4, -0.2) is 18.4 Å². The van der Waals surface area contributed by atoms with Gasteiger partial charge in [-0.25, -0.2) is 0 Å². The van der Waals surface area contributed by atoms with Crippen molar-refractivity contribution < 1.29 is 0 Å². The summed E-state index contributed by atoms with van der Waals surface area (Å²) >= 11 is 0. The number of hydrogen-bond donors (Lipinski definition) is 1. The van der Waals surface area contributed by atoms with Gasteiger partial charge < -0.3 is 5.32 Å². The second kappa shape index (κ2) is 2.38. The molecule has 0 aromatic rings. The lowest BCUT2D eigenvalue weighted by Gasteiger charge is -2.16. The molecule has 0 saturated heterocycles. The second-order valence-corrected chi connectivity index (χ2v) is 2.97. The Morgan fingerprint density at radius 2 is 2.22 bits per heavy atom. The lowest BCUT2D eigenvalue weighted by Crippen LogP contribution is -2.31. The number of aliphatic imine (C=N–C) groups is 1. The third-order valence-corrected chi connectivity index (χ3v) is 1.78. The summed E-state index contributed by atoms with van der Waals surface area (Å²) in [6.45, 7) is 6.56. The van der Waals surface area contributed by atoms with Gasteiger partial charge in [-0.05, 0) is 12.8 Å². The molecule has 0 amide bonds. The number of nitrogens with one attached hydrogen (secondary N) is 1. The van der Waals surface area contributed by atoms with Crippen LogP contribution in [0.25, 0.3) is 0 Å². The van der Waals surface area contributed by atoms with Gasteiger partial charge in [-0.15, -0.1) is 0 Å². The molecule has 0 saturated carbocycles. The number of hydrogen-bond acceptors (Lipinski definition) is 2. The molecule has 0 fully saturated rings. The van der Waals surface area contributed by atoms with E-state index in [4.69, 9.17) is 0 Å². The highest BCUT2D eigenvalue weighted by Crippen LogP contribution is 2.12. The Balaban J connectivity index is 2.49. The fraction of sp³-hybridized carbons (Fsp3) is 0.857. The van der Waals surface area contributed by atoms with Crippen LogP contribution in [0.2, 0.25) is 0 Å². The first kappa shape index (κ1) is 6.59. The molecule has 0 aliphatic carbocycles. The molecule has 1 rings (SSSR count). The molecule has 9 heavy (non-hydrogen) atoms. The van der Waals surface area contributed by atoms with Crippen LogP contribution in [0.1, 0.15) is 20.8 Å². The van der Waals surface area contributed by atoms with Crippen molar-refractivity contribution in [1.29, 1.82) is 0 Å². The van der Waals surface area contributed by atoms with Crippen molar-refractivity contribution in [3.8, 4) is 0 Å². The minimum Gasteiger partial charge on any atom is -0.372 e. The average Bonchev–Trinajstić information content (AvgIpc) is 2.13. The molecule has 1 heterocycles. The van der Waals surface area contributed by atoms with E-state index in [-0.39, 0.29) is 0 Å². The van der Waals surface area contributed by atoms with E-state index in [1.165, 1.54) is 0 Å². The van der Waals surface area contributed by atoms with Crippen LogP contribution >= 0.6 is 0 Å². The van der Waals surface area contributed by atoms with Gasteiger partial charge in [0.1, 0.15) is 0 Å². The molecule has 1 aliphatic heterocycles. The molecule has 0 spiro atoms. The monoisotopic (exact) mass is 126 g/mol. The quantitative estimate of drug-likeness (QED) is 0.557. The predicted molar refractivity (Wildman–Crippen MR) is 39.7 cm³/mol. The van der Waals surface area contributed by atoms with Crippen molar-refractivity contribution >= 4 is 6.34 Å². The van der Waals surface area contributed by atoms with E-state index in [9.17, 15) is 0 Å². The van der Waals surface area contributed by atoms with Gasteiger partial charge in [-0.1, -0.05) is 13.8 Å². The molecule has 1 N–H and O–H groups in total. The van der Waals surface area contributed by atoms with Crippen LogP contribution in [-0.2, 0) is 0 Å². The summed E-state index contributed by atoms with van der Waals surface area (Å²) in [5.41, 5.74) is 0. The molecular weight excluding hydrogens is 112 g/mol. The molecule has 0 bridgehead atoms. The first-order valence-electron chi connectivity index (χ1n) is 3.49. The van der Waals surface area contributed by atoms with Gasteiger partial charge in [0.05, 0.1) is 12.4 Å². The Hall–Kier alpha value is -0.530. The van der Waals surface area contributed by atoms with E-state index in [0.717, 1.165) is 0 Å². The third kappa shape index (κ3) is 1.23. The van der Waals surface area contributed by atoms with Crippen molar-refractivity contribution in [2.45, 2.75) is 32.9 Å². The maximum absolute atomic E-state index is 4.28. The van der Waals surface area contributed by atoms with Crippen LogP contribution in [0.15, 0.2) is 4.99 Å². The highest BCUT2D eigenvalue weighted by molar-refractivity contribution is 5.58. The maximum Gasteiger partial charge on any atom is 0.0831 e. The summed E-state index contributed by atoms with van der Waals surface area (Å²) in [4.78, 5) is 4.28. The van der Waals surface area contributed by atoms with Crippen LogP contribution in [0.3, 0.4) is 0 Å². The zero-order valence-electron chi connectivity index (χ0n) is 6.26. The van der Waals surface area contributed by atoms with Gasteiger partial charge in [0.2, 0.25) is 0 Å². The van der Waals surface area contributed by atoms with Crippen molar-refractivity contribution in [2.24, 2.45) is 10.9 Å². The average molecular weight is 126 g/mol. The summed E-state index contributed by atoms with van der Waals surface area (Å²) in [5.74, 6) is 0.659. The largest absolute Gasteiger partial charge is 0.372 e. The van der Waals surface area contributed by atoms with E-state index in [1.807, 2.05) is 6.34 Å². The summed E-state index contributed by atoms with van der Waals surface area (Å²) in [6, 6.07) is 1.02. The van der Waals surface area contributed by atoms with Gasteiger partial charge >= 0.3 is 0 Å². The second-order valence-electron chi connectivity index (χ2n) is 2.97. The Bertz CT molecular complexity index is 118. The van der Waals surface area contributed by atoms with E-state index in [0.29, 0.717) is 18.0 Å². The van der Waals surface area contributed by atoms with Gasteiger partial charge in [-0.2, -0.15) is 0 Å². The van der Waals surface area contributed by atoms with Gasteiger partial charge in [0.15, 0.2) is 0 Å². The van der Waals surface area contributed by atoms with Crippen LogP contribution < -0.4 is 5.32 Å². The van der Waals surface area contributed by atoms with Crippen molar-refractivity contribution in [3.05, 3.63) is 0 Å². The minimum absolute atomic E-state index is 0.491. The standard InChI is InChI=1S/C7H14N2/c1-5(2)7-6(3)8-4-9-7/h4-7H,1-3H3,(H,8,9). The summed E-state index contributed by atoms with van der Waals surface area (Å²) in [7, 11) is 0. The molecule has 0 radical (unpaired) electrons. The molecule has 52 valence electrons. The highest BCUT2D eigenvalue weighted by Gasteiger charge is 2.21. The molecule has 2 heteroatoms. The first-order chi connectivity index (χ1) is 4.22. The number of rotatable bonds is 1. The van der Waals surface area contributed by atoms with Gasteiger partial charge in [0, 0.05) is 6.04 Å². The summed E-state index contributed by atoms with van der Waals surface area (Å²) in [6.07, 6.45) is 1.81. The zero-order chi connectivity index (χ0) is 6.85. The fourth-order valence-corrected chi connectivity index (χ4v) is 1.22. The molecule has 0 aromatic heterocycles. The lowest BCUT2D eigenvalue weighted by atomic mass is 10.00. The fourth-order valence-electron chi connectivity index (χ4n) is 1.22. The third-order valence-electron chi connectivity index (χ3n) is 1.78. The van der Waals surface area contributed by atoms with Crippen molar-refractivity contribution in [1.82, 2.24) is 5.32 Å². The van der Waals surface area contributed by atoms with E-state index in [1.54, 1.807) is 0 Å². The maximum atomic E-state index is 4.28. The van der Waals surface area contributed by atoms with Crippen molar-refractivity contribution in [3.63, 3.8) is 0 Å². The summed E-state index contributed by atoms with van der Waals surface area (Å²) < 4.78 is 0. The molecule has 2 atom stereocenters. The van der Waals surface area contributed by atoms with E-state index >= 15 is 0 Å². The minimum atomic E-state index is 0.491. The lowest BCUT2D eigenvalue weighted by molar-refractivity contribution is 0.440. The molecule has 2 unspecified atom stereocenters. The summed E-state index contributed by atoms with van der Waals surface area (Å²) in [5, 5.41) is 3.16. The highest BCUT2D eigenvalue weighted by atomic mass is 15.1. The molecule has 2 nitrogen and oxygen atoms in total. The van der Waals surface area contributed by atoms with E-state index in [2.05, 4.69) is 31.1 Å². The Morgan fingerprint density at radius 3 is 2.44 bits per heavy atom. The van der Waals surface area contributed by atoms with Gasteiger partial charge in [-0.3, -0.25) is 4.99 Å². The zero-order valence-corrected chi connectivity index (χ0v) is 6.26. The molecular formula is C7H14N2. The Morgan fingerprint density at radius 1 is 1.56 bits per heavy atom. The van der Waals surface area contributed by atoms with Crippen molar-refractivity contribution in [2.75, 3.05) is 0 Å². The smallest absolute Gasteiger partial charge is 0.0831 e. The SMILES string of the molecule is CC(C)C1N=CNC1C. The Labute approximate surface area is 56.4 Å². The first-order valence-corrected chi connectivity index (χ1v) is 3.49. The van der Waals surface area contributed by atoms with Crippen LogP contribution in [0.4, 0.5) is 0 Å². The van der Waals surface area contributed by atoms with Gasteiger partial charge in [0.25, 0.3) is 0 Å². The predicted octanol–water partition coefficient (Wildman–Crippen LogP) is 1.03. The molecule has 1 aliphatic rings. The Kier molecular flexibility index (Phi) is 1.74. The topological polar surface area (TPSA) is 24.4 Å². The van der Waals surface area contributed by atoms with E-state index < -0.39 is 0 Å². The molecule has 0 aromatic carbocycles. The van der Waals surface area contributed by atoms with Crippen LogP contribution in [0, 0.1) is 5.92 Å². The van der Waals surface area contributed by atoms with Crippen LogP contribution in [0.5, 0.6) is 0 Å². The number of nitrogens with zero attached hydrogens (tertiary/aromatic N) is 1. The normalized spacial score (nSPS) is 33.3.